The van der Waals surface area contributed by atoms with E-state index in [4.69, 9.17) is 0 Å². The van der Waals surface area contributed by atoms with E-state index in [2.05, 4.69) is 10.3 Å². The molecule has 0 spiro atoms. The molecule has 2 aromatic heterocycles. The fourth-order valence-corrected chi connectivity index (χ4v) is 2.20. The van der Waals surface area contributed by atoms with Gasteiger partial charge in [0.25, 0.3) is 0 Å². The Morgan fingerprint density at radius 3 is 2.95 bits per heavy atom. The predicted octanol–water partition coefficient (Wildman–Crippen LogP) is 1.86. The van der Waals surface area contributed by atoms with Crippen LogP contribution in [0, 0.1) is 0 Å². The lowest BCUT2D eigenvalue weighted by Gasteiger charge is -2.05. The van der Waals surface area contributed by atoms with Gasteiger partial charge in [-0.3, -0.25) is 9.13 Å². The van der Waals surface area contributed by atoms with Crippen molar-refractivity contribution < 1.29 is 0 Å². The van der Waals surface area contributed by atoms with E-state index in [0.29, 0.717) is 12.6 Å². The van der Waals surface area contributed by atoms with Gasteiger partial charge in [0.15, 0.2) is 0 Å². The topological polar surface area (TPSA) is 51.9 Å². The molecule has 2 heterocycles. The first-order chi connectivity index (χ1) is 9.28. The zero-order valence-corrected chi connectivity index (χ0v) is 11.0. The van der Waals surface area contributed by atoms with Gasteiger partial charge in [0.2, 0.25) is 0 Å². The van der Waals surface area contributed by atoms with Crippen molar-refractivity contribution in [3.8, 4) is 0 Å². The maximum Gasteiger partial charge on any atom is 0.328 e. The Morgan fingerprint density at radius 1 is 1.37 bits per heavy atom. The van der Waals surface area contributed by atoms with Crippen molar-refractivity contribution in [3.63, 3.8) is 0 Å². The third kappa shape index (κ3) is 2.54. The first kappa shape index (κ1) is 12.0. The number of rotatable bonds is 5. The summed E-state index contributed by atoms with van der Waals surface area (Å²) >= 11 is 0. The van der Waals surface area contributed by atoms with Gasteiger partial charge < -0.3 is 5.32 Å². The SMILES string of the molecule is CCNc1cccc(Cn2ccn(C3CC3)c2=O)n1. The van der Waals surface area contributed by atoms with Gasteiger partial charge in [-0.2, -0.15) is 0 Å². The van der Waals surface area contributed by atoms with Crippen molar-refractivity contribution in [2.24, 2.45) is 0 Å². The van der Waals surface area contributed by atoms with Crippen LogP contribution in [0.2, 0.25) is 0 Å². The van der Waals surface area contributed by atoms with Crippen molar-refractivity contribution in [1.82, 2.24) is 14.1 Å². The van der Waals surface area contributed by atoms with E-state index in [1.807, 2.05) is 42.1 Å². The van der Waals surface area contributed by atoms with E-state index < -0.39 is 0 Å². The van der Waals surface area contributed by atoms with Gasteiger partial charge >= 0.3 is 5.69 Å². The molecular weight excluding hydrogens is 240 g/mol. The highest BCUT2D eigenvalue weighted by atomic mass is 16.1. The minimum Gasteiger partial charge on any atom is -0.370 e. The summed E-state index contributed by atoms with van der Waals surface area (Å²) in [6.07, 6.45) is 5.98. The molecule has 0 unspecified atom stereocenters. The Bertz CT molecular complexity index is 624. The van der Waals surface area contributed by atoms with Crippen LogP contribution in [-0.4, -0.2) is 20.7 Å². The summed E-state index contributed by atoms with van der Waals surface area (Å²) in [5.41, 5.74) is 0.965. The van der Waals surface area contributed by atoms with Gasteiger partial charge in [-0.15, -0.1) is 0 Å². The molecule has 0 radical (unpaired) electrons. The van der Waals surface area contributed by atoms with E-state index in [-0.39, 0.29) is 5.69 Å². The standard InChI is InChI=1S/C14H18N4O/c1-2-15-13-5-3-4-11(16-13)10-17-8-9-18(14(17)19)12-6-7-12/h3-5,8-9,12H,2,6-7,10H2,1H3,(H,15,16). The summed E-state index contributed by atoms with van der Waals surface area (Å²) in [5.74, 6) is 0.856. The summed E-state index contributed by atoms with van der Waals surface area (Å²) in [6, 6.07) is 6.27. The lowest BCUT2D eigenvalue weighted by atomic mass is 10.3. The lowest BCUT2D eigenvalue weighted by molar-refractivity contribution is 0.651. The van der Waals surface area contributed by atoms with Gasteiger partial charge in [0.05, 0.1) is 12.2 Å². The lowest BCUT2D eigenvalue weighted by Crippen LogP contribution is -2.24. The fraction of sp³-hybridized carbons (Fsp3) is 0.429. The molecule has 1 fully saturated rings. The zero-order chi connectivity index (χ0) is 13.2. The number of nitrogens with one attached hydrogen (secondary N) is 1. The van der Waals surface area contributed by atoms with Crippen LogP contribution in [0.25, 0.3) is 0 Å². The molecule has 5 nitrogen and oxygen atoms in total. The molecule has 5 heteroatoms. The number of nitrogens with zero attached hydrogens (tertiary/aromatic N) is 3. The number of imidazole rings is 1. The molecule has 0 saturated heterocycles. The third-order valence-electron chi connectivity index (χ3n) is 3.31. The summed E-state index contributed by atoms with van der Waals surface area (Å²) in [4.78, 5) is 16.6. The van der Waals surface area contributed by atoms with E-state index in [0.717, 1.165) is 30.9 Å². The molecule has 3 rings (SSSR count). The molecule has 2 aromatic rings. The highest BCUT2D eigenvalue weighted by Crippen LogP contribution is 2.33. The second kappa shape index (κ2) is 4.91. The normalized spacial score (nSPS) is 14.6. The molecular formula is C14H18N4O. The van der Waals surface area contributed by atoms with Crippen molar-refractivity contribution >= 4 is 5.82 Å². The predicted molar refractivity (Wildman–Crippen MR) is 74.5 cm³/mol. The quantitative estimate of drug-likeness (QED) is 0.890. The van der Waals surface area contributed by atoms with E-state index in [9.17, 15) is 4.79 Å². The van der Waals surface area contributed by atoms with Crippen LogP contribution in [0.15, 0.2) is 35.4 Å². The maximum atomic E-state index is 12.1. The Hall–Kier alpha value is -2.04. The van der Waals surface area contributed by atoms with Crippen LogP contribution in [-0.2, 0) is 6.54 Å². The first-order valence-corrected chi connectivity index (χ1v) is 6.75. The molecule has 1 N–H and O–H groups in total. The Labute approximate surface area is 111 Å². The average Bonchev–Trinajstić information content (AvgIpc) is 3.18. The fourth-order valence-electron chi connectivity index (χ4n) is 2.20. The molecule has 0 aromatic carbocycles. The smallest absolute Gasteiger partial charge is 0.328 e. The monoisotopic (exact) mass is 258 g/mol. The Balaban J connectivity index is 1.80. The Kier molecular flexibility index (Phi) is 3.11. The largest absolute Gasteiger partial charge is 0.370 e. The number of pyridine rings is 1. The molecule has 19 heavy (non-hydrogen) atoms. The van der Waals surface area contributed by atoms with Gasteiger partial charge in [0.1, 0.15) is 5.82 Å². The average molecular weight is 258 g/mol. The molecule has 0 bridgehead atoms. The maximum absolute atomic E-state index is 12.1. The molecule has 0 amide bonds. The van der Waals surface area contributed by atoms with E-state index >= 15 is 0 Å². The van der Waals surface area contributed by atoms with Crippen molar-refractivity contribution in [2.45, 2.75) is 32.4 Å². The minimum absolute atomic E-state index is 0.0677. The number of aromatic nitrogens is 3. The second-order valence-corrected chi connectivity index (χ2v) is 4.89. The summed E-state index contributed by atoms with van der Waals surface area (Å²) in [6.45, 7) is 3.40. The summed E-state index contributed by atoms with van der Waals surface area (Å²) in [7, 11) is 0. The van der Waals surface area contributed by atoms with E-state index in [1.165, 1.54) is 0 Å². The Morgan fingerprint density at radius 2 is 2.21 bits per heavy atom. The third-order valence-corrected chi connectivity index (χ3v) is 3.31. The number of anilines is 1. The van der Waals surface area contributed by atoms with Crippen LogP contribution < -0.4 is 11.0 Å². The van der Waals surface area contributed by atoms with E-state index in [1.54, 1.807) is 4.57 Å². The van der Waals surface area contributed by atoms with Crippen LogP contribution in [0.3, 0.4) is 0 Å². The van der Waals surface area contributed by atoms with Crippen LogP contribution in [0.1, 0.15) is 31.5 Å². The number of hydrogen-bond donors (Lipinski definition) is 1. The van der Waals surface area contributed by atoms with Gasteiger partial charge in [-0.25, -0.2) is 9.78 Å². The van der Waals surface area contributed by atoms with Gasteiger partial charge in [-0.1, -0.05) is 6.07 Å². The molecule has 1 saturated carbocycles. The van der Waals surface area contributed by atoms with Crippen LogP contribution >= 0.6 is 0 Å². The molecule has 100 valence electrons. The van der Waals surface area contributed by atoms with Crippen molar-refractivity contribution in [2.75, 3.05) is 11.9 Å². The molecule has 0 atom stereocenters. The van der Waals surface area contributed by atoms with Crippen LogP contribution in [0.5, 0.6) is 0 Å². The van der Waals surface area contributed by atoms with Gasteiger partial charge in [0, 0.05) is 25.0 Å². The summed E-state index contributed by atoms with van der Waals surface area (Å²) < 4.78 is 3.55. The number of hydrogen-bond acceptors (Lipinski definition) is 3. The first-order valence-electron chi connectivity index (χ1n) is 6.75. The van der Waals surface area contributed by atoms with Crippen LogP contribution in [0.4, 0.5) is 5.82 Å². The zero-order valence-electron chi connectivity index (χ0n) is 11.0. The van der Waals surface area contributed by atoms with Crippen molar-refractivity contribution in [1.29, 1.82) is 0 Å². The molecule has 1 aliphatic carbocycles. The van der Waals surface area contributed by atoms with Gasteiger partial charge in [-0.05, 0) is 31.9 Å². The van der Waals surface area contributed by atoms with Crippen molar-refractivity contribution in [3.05, 3.63) is 46.8 Å². The summed E-state index contributed by atoms with van der Waals surface area (Å²) in [5, 5.41) is 3.18. The highest BCUT2D eigenvalue weighted by Gasteiger charge is 2.25. The molecule has 0 aliphatic heterocycles. The molecule has 1 aliphatic rings. The highest BCUT2D eigenvalue weighted by molar-refractivity contribution is 5.35. The minimum atomic E-state index is 0.0677. The second-order valence-electron chi connectivity index (χ2n) is 4.89.